The van der Waals surface area contributed by atoms with E-state index in [0.717, 1.165) is 20.5 Å². The molecule has 0 spiro atoms. The Morgan fingerprint density at radius 1 is 1.24 bits per heavy atom. The van der Waals surface area contributed by atoms with Crippen LogP contribution in [0.4, 0.5) is 0 Å². The fourth-order valence-electron chi connectivity index (χ4n) is 1.46. The summed E-state index contributed by atoms with van der Waals surface area (Å²) < 4.78 is 5.89. The number of rotatable bonds is 3. The van der Waals surface area contributed by atoms with Gasteiger partial charge < -0.3 is 4.74 Å². The molecule has 0 bridgehead atoms. The van der Waals surface area contributed by atoms with Crippen molar-refractivity contribution in [3.8, 4) is 5.75 Å². The average molecular weight is 352 g/mol. The lowest BCUT2D eigenvalue weighted by Crippen LogP contribution is -1.92. The molecule has 1 aromatic heterocycles. The van der Waals surface area contributed by atoms with Gasteiger partial charge in [0.1, 0.15) is 5.75 Å². The predicted octanol–water partition coefficient (Wildman–Crippen LogP) is 5.55. The van der Waals surface area contributed by atoms with Crippen LogP contribution in [-0.4, -0.2) is 7.11 Å². The molecule has 1 heterocycles. The third kappa shape index (κ3) is 2.97. The number of ether oxygens (including phenoxy) is 1. The van der Waals surface area contributed by atoms with Gasteiger partial charge in [-0.15, -0.1) is 11.3 Å². The highest BCUT2D eigenvalue weighted by molar-refractivity contribution is 9.09. The van der Waals surface area contributed by atoms with Crippen molar-refractivity contribution in [2.45, 2.75) is 4.83 Å². The van der Waals surface area contributed by atoms with Crippen LogP contribution in [0.1, 0.15) is 15.3 Å². The Hall–Kier alpha value is -0.220. The quantitative estimate of drug-likeness (QED) is 0.659. The van der Waals surface area contributed by atoms with Crippen LogP contribution in [0.5, 0.6) is 5.75 Å². The molecule has 2 aromatic rings. The Labute approximate surface area is 122 Å². The van der Waals surface area contributed by atoms with Crippen LogP contribution in [0, 0.1) is 0 Å². The summed E-state index contributed by atoms with van der Waals surface area (Å²) in [5, 5.41) is 0.677. The van der Waals surface area contributed by atoms with E-state index in [2.05, 4.69) is 15.9 Å². The highest BCUT2D eigenvalue weighted by Crippen LogP contribution is 2.40. The summed E-state index contributed by atoms with van der Waals surface area (Å²) in [5.74, 6) is 0.752. The van der Waals surface area contributed by atoms with Crippen LogP contribution < -0.4 is 4.74 Å². The summed E-state index contributed by atoms with van der Waals surface area (Å²) >= 11 is 17.3. The van der Waals surface area contributed by atoms with Gasteiger partial charge >= 0.3 is 0 Å². The molecule has 2 rings (SSSR count). The van der Waals surface area contributed by atoms with E-state index in [1.54, 1.807) is 13.2 Å². The number of benzene rings is 1. The van der Waals surface area contributed by atoms with E-state index < -0.39 is 0 Å². The van der Waals surface area contributed by atoms with E-state index >= 15 is 0 Å². The summed E-state index contributed by atoms with van der Waals surface area (Å²) in [7, 11) is 1.62. The molecule has 90 valence electrons. The summed E-state index contributed by atoms with van der Waals surface area (Å²) in [6.07, 6.45) is 0. The zero-order valence-corrected chi connectivity index (χ0v) is 12.8. The molecule has 0 fully saturated rings. The monoisotopic (exact) mass is 350 g/mol. The number of halogens is 3. The standard InChI is InChI=1S/C12H9BrCl2OS/c1-16-7-2-3-8(9(14)6-7)12(13)10-4-5-11(15)17-10/h2-6,12H,1H3. The normalized spacial score (nSPS) is 12.5. The molecule has 1 atom stereocenters. The topological polar surface area (TPSA) is 9.23 Å². The van der Waals surface area contributed by atoms with Crippen LogP contribution in [-0.2, 0) is 0 Å². The van der Waals surface area contributed by atoms with E-state index in [9.17, 15) is 0 Å². The van der Waals surface area contributed by atoms with Crippen molar-refractivity contribution >= 4 is 50.5 Å². The number of methoxy groups -OCH3 is 1. The molecule has 1 aromatic carbocycles. The first-order chi connectivity index (χ1) is 8.11. The minimum Gasteiger partial charge on any atom is -0.497 e. The molecule has 0 aliphatic heterocycles. The first kappa shape index (κ1) is 13.2. The minimum absolute atomic E-state index is 0.0541. The zero-order chi connectivity index (χ0) is 12.4. The molecule has 0 aliphatic carbocycles. The van der Waals surface area contributed by atoms with Gasteiger partial charge in [0, 0.05) is 9.90 Å². The first-order valence-corrected chi connectivity index (χ1v) is 7.33. The van der Waals surface area contributed by atoms with Crippen molar-refractivity contribution in [3.63, 3.8) is 0 Å². The smallest absolute Gasteiger partial charge is 0.120 e. The van der Waals surface area contributed by atoms with Gasteiger partial charge in [0.2, 0.25) is 0 Å². The van der Waals surface area contributed by atoms with Crippen LogP contribution >= 0.6 is 50.5 Å². The first-order valence-electron chi connectivity index (χ1n) is 4.84. The van der Waals surface area contributed by atoms with Gasteiger partial charge in [-0.3, -0.25) is 0 Å². The fourth-order valence-corrected chi connectivity index (χ4v) is 3.76. The zero-order valence-electron chi connectivity index (χ0n) is 8.91. The predicted molar refractivity (Wildman–Crippen MR) is 78.1 cm³/mol. The Balaban J connectivity index is 2.34. The van der Waals surface area contributed by atoms with E-state index in [-0.39, 0.29) is 4.83 Å². The van der Waals surface area contributed by atoms with Crippen molar-refractivity contribution < 1.29 is 4.74 Å². The largest absolute Gasteiger partial charge is 0.497 e. The van der Waals surface area contributed by atoms with Crippen LogP contribution in [0.3, 0.4) is 0 Å². The second-order valence-corrected chi connectivity index (χ2v) is 6.46. The lowest BCUT2D eigenvalue weighted by Gasteiger charge is -2.11. The number of hydrogen-bond acceptors (Lipinski definition) is 2. The third-order valence-electron chi connectivity index (χ3n) is 2.32. The lowest BCUT2D eigenvalue weighted by molar-refractivity contribution is 0.414. The van der Waals surface area contributed by atoms with Gasteiger partial charge in [-0.2, -0.15) is 0 Å². The second kappa shape index (κ2) is 5.61. The Bertz CT molecular complexity index is 527. The van der Waals surface area contributed by atoms with E-state index in [1.165, 1.54) is 11.3 Å². The molecular formula is C12H9BrCl2OS. The van der Waals surface area contributed by atoms with Gasteiger partial charge in [0.25, 0.3) is 0 Å². The van der Waals surface area contributed by atoms with Gasteiger partial charge in [0.05, 0.1) is 16.3 Å². The second-order valence-electron chi connectivity index (χ2n) is 3.39. The van der Waals surface area contributed by atoms with Crippen molar-refractivity contribution in [2.75, 3.05) is 7.11 Å². The van der Waals surface area contributed by atoms with E-state index in [0.29, 0.717) is 5.02 Å². The van der Waals surface area contributed by atoms with Gasteiger partial charge in [-0.1, -0.05) is 45.2 Å². The van der Waals surface area contributed by atoms with Crippen LogP contribution in [0.2, 0.25) is 9.36 Å². The summed E-state index contributed by atoms with van der Waals surface area (Å²) in [5.41, 5.74) is 1.01. The highest BCUT2D eigenvalue weighted by atomic mass is 79.9. The summed E-state index contributed by atoms with van der Waals surface area (Å²) in [6, 6.07) is 9.53. The summed E-state index contributed by atoms with van der Waals surface area (Å²) in [4.78, 5) is 1.18. The van der Waals surface area contributed by atoms with Crippen molar-refractivity contribution in [3.05, 3.63) is 50.1 Å². The van der Waals surface area contributed by atoms with Crippen molar-refractivity contribution in [1.29, 1.82) is 0 Å². The number of hydrogen-bond donors (Lipinski definition) is 0. The molecule has 1 unspecified atom stereocenters. The Kier molecular flexibility index (Phi) is 4.36. The molecule has 0 amide bonds. The summed E-state index contributed by atoms with van der Waals surface area (Å²) in [6.45, 7) is 0. The number of thiophene rings is 1. The third-order valence-corrected chi connectivity index (χ3v) is 5.24. The van der Waals surface area contributed by atoms with Gasteiger partial charge in [-0.25, -0.2) is 0 Å². The molecule has 5 heteroatoms. The van der Waals surface area contributed by atoms with E-state index in [1.807, 2.05) is 24.3 Å². The molecule has 17 heavy (non-hydrogen) atoms. The fraction of sp³-hybridized carbons (Fsp3) is 0.167. The van der Waals surface area contributed by atoms with Gasteiger partial charge in [0.15, 0.2) is 0 Å². The molecule has 0 radical (unpaired) electrons. The van der Waals surface area contributed by atoms with Crippen molar-refractivity contribution in [2.24, 2.45) is 0 Å². The van der Waals surface area contributed by atoms with E-state index in [4.69, 9.17) is 27.9 Å². The molecule has 0 saturated carbocycles. The average Bonchev–Trinajstić information content (AvgIpc) is 2.75. The maximum absolute atomic E-state index is 6.22. The maximum atomic E-state index is 6.22. The van der Waals surface area contributed by atoms with Gasteiger partial charge in [-0.05, 0) is 29.8 Å². The van der Waals surface area contributed by atoms with Crippen molar-refractivity contribution in [1.82, 2.24) is 0 Å². The van der Waals surface area contributed by atoms with Crippen LogP contribution in [0.15, 0.2) is 30.3 Å². The lowest BCUT2D eigenvalue weighted by atomic mass is 10.1. The molecule has 0 saturated heterocycles. The Morgan fingerprint density at radius 2 is 2.00 bits per heavy atom. The maximum Gasteiger partial charge on any atom is 0.120 e. The molecule has 1 nitrogen and oxygen atoms in total. The molecular weight excluding hydrogens is 343 g/mol. The van der Waals surface area contributed by atoms with Crippen LogP contribution in [0.25, 0.3) is 0 Å². The molecule has 0 N–H and O–H groups in total. The molecule has 0 aliphatic rings. The highest BCUT2D eigenvalue weighted by Gasteiger charge is 2.16. The Morgan fingerprint density at radius 3 is 2.53 bits per heavy atom. The minimum atomic E-state index is 0.0541. The number of alkyl halides is 1. The SMILES string of the molecule is COc1ccc(C(Br)c2ccc(Cl)s2)c(Cl)c1.